The Hall–Kier alpha value is -2.02. The highest BCUT2D eigenvalue weighted by atomic mass is 19.1. The van der Waals surface area contributed by atoms with E-state index in [-0.39, 0.29) is 18.2 Å². The van der Waals surface area contributed by atoms with Crippen molar-refractivity contribution in [1.82, 2.24) is 19.9 Å². The molecule has 0 aromatic carbocycles. The van der Waals surface area contributed by atoms with Crippen molar-refractivity contribution >= 4 is 11.6 Å². The molecular weight excluding hydrogens is 273 g/mol. The van der Waals surface area contributed by atoms with Crippen LogP contribution in [0, 0.1) is 5.92 Å². The van der Waals surface area contributed by atoms with Gasteiger partial charge in [-0.1, -0.05) is 0 Å². The number of hydrogen-bond donors (Lipinski definition) is 2. The lowest BCUT2D eigenvalue weighted by Crippen LogP contribution is -2.24. The first-order valence-corrected chi connectivity index (χ1v) is 6.97. The predicted octanol–water partition coefficient (Wildman–Crippen LogP) is 0.942. The van der Waals surface area contributed by atoms with Crippen LogP contribution in [0.3, 0.4) is 0 Å². The van der Waals surface area contributed by atoms with Crippen molar-refractivity contribution in [2.75, 3.05) is 0 Å². The van der Waals surface area contributed by atoms with E-state index < -0.39 is 5.67 Å². The summed E-state index contributed by atoms with van der Waals surface area (Å²) >= 11 is 0. The van der Waals surface area contributed by atoms with Crippen molar-refractivity contribution in [2.45, 2.75) is 38.5 Å². The minimum absolute atomic E-state index is 0.132. The van der Waals surface area contributed by atoms with Crippen molar-refractivity contribution < 1.29 is 9.18 Å². The van der Waals surface area contributed by atoms with Gasteiger partial charge in [0.2, 0.25) is 5.91 Å². The summed E-state index contributed by atoms with van der Waals surface area (Å²) in [5.74, 6) is -0.273. The number of hydrogen-bond acceptors (Lipinski definition) is 4. The van der Waals surface area contributed by atoms with Gasteiger partial charge < -0.3 is 11.1 Å². The largest absolute Gasteiger partial charge is 0.352 e. The molecule has 0 saturated heterocycles. The number of carbonyl (C=O) groups excluding carboxylic acids is 1. The van der Waals surface area contributed by atoms with Crippen LogP contribution in [0.5, 0.6) is 0 Å². The molecule has 1 fully saturated rings. The monoisotopic (exact) mass is 291 g/mol. The van der Waals surface area contributed by atoms with Crippen LogP contribution < -0.4 is 11.1 Å². The van der Waals surface area contributed by atoms with Gasteiger partial charge >= 0.3 is 0 Å². The van der Waals surface area contributed by atoms with E-state index in [0.717, 1.165) is 11.3 Å². The lowest BCUT2D eigenvalue weighted by molar-refractivity contribution is -0.121. The fourth-order valence-corrected chi connectivity index (χ4v) is 2.36. The summed E-state index contributed by atoms with van der Waals surface area (Å²) in [6.07, 6.45) is 4.16. The number of aromatic nitrogens is 3. The average molecular weight is 291 g/mol. The highest BCUT2D eigenvalue weighted by Crippen LogP contribution is 2.48. The van der Waals surface area contributed by atoms with Gasteiger partial charge in [0.1, 0.15) is 5.67 Å². The van der Waals surface area contributed by atoms with Crippen molar-refractivity contribution in [1.29, 1.82) is 0 Å². The Labute approximate surface area is 121 Å². The molecule has 7 heteroatoms. The molecule has 0 aliphatic heterocycles. The molecule has 0 bridgehead atoms. The number of nitrogens with zero attached hydrogens (tertiary/aromatic N) is 3. The molecule has 21 heavy (non-hydrogen) atoms. The van der Waals surface area contributed by atoms with Gasteiger partial charge in [0.05, 0.1) is 18.1 Å². The maximum absolute atomic E-state index is 13.4. The van der Waals surface area contributed by atoms with Gasteiger partial charge in [-0.15, -0.1) is 0 Å². The van der Waals surface area contributed by atoms with Crippen LogP contribution in [-0.4, -0.2) is 26.2 Å². The number of fused-ring (bicyclic) bond motifs is 1. The van der Waals surface area contributed by atoms with Gasteiger partial charge in [0.15, 0.2) is 5.65 Å². The number of nitrogens with two attached hydrogens (primary N) is 1. The second-order valence-electron chi connectivity index (χ2n) is 5.76. The topological polar surface area (TPSA) is 85.3 Å². The molecule has 1 aliphatic rings. The van der Waals surface area contributed by atoms with Crippen LogP contribution in [0.1, 0.15) is 31.0 Å². The Morgan fingerprint density at radius 3 is 3.10 bits per heavy atom. The van der Waals surface area contributed by atoms with Gasteiger partial charge in [-0.05, 0) is 25.0 Å². The van der Waals surface area contributed by atoms with Crippen LogP contribution in [-0.2, 0) is 17.9 Å². The van der Waals surface area contributed by atoms with E-state index in [1.807, 2.05) is 6.07 Å². The maximum Gasteiger partial charge on any atom is 0.220 e. The molecular formula is C14H18FN5O. The van der Waals surface area contributed by atoms with Crippen LogP contribution >= 0.6 is 0 Å². The van der Waals surface area contributed by atoms with Crippen LogP contribution in [0.2, 0.25) is 0 Å². The van der Waals surface area contributed by atoms with Gasteiger partial charge in [-0.3, -0.25) is 4.79 Å². The van der Waals surface area contributed by atoms with Crippen molar-refractivity contribution in [3.05, 3.63) is 29.7 Å². The number of imidazole rings is 1. The molecule has 112 valence electrons. The smallest absolute Gasteiger partial charge is 0.220 e. The summed E-state index contributed by atoms with van der Waals surface area (Å²) in [4.78, 5) is 16.0. The quantitative estimate of drug-likeness (QED) is 0.858. The van der Waals surface area contributed by atoms with Gasteiger partial charge in [0, 0.05) is 25.4 Å². The lowest BCUT2D eigenvalue weighted by atomic mass is 10.2. The Kier molecular flexibility index (Phi) is 3.36. The molecule has 1 amide bonds. The summed E-state index contributed by atoms with van der Waals surface area (Å²) in [7, 11) is 0. The lowest BCUT2D eigenvalue weighted by Gasteiger charge is -2.05. The van der Waals surface area contributed by atoms with E-state index in [2.05, 4.69) is 15.4 Å². The van der Waals surface area contributed by atoms with Crippen LogP contribution in [0.15, 0.2) is 18.5 Å². The Balaban J connectivity index is 1.58. The first kappa shape index (κ1) is 13.9. The van der Waals surface area contributed by atoms with Crippen molar-refractivity contribution in [2.24, 2.45) is 11.7 Å². The highest BCUT2D eigenvalue weighted by molar-refractivity contribution is 5.76. The fourth-order valence-electron chi connectivity index (χ4n) is 2.36. The van der Waals surface area contributed by atoms with E-state index in [1.165, 1.54) is 6.92 Å². The average Bonchev–Trinajstić information content (AvgIpc) is 2.88. The molecule has 2 aromatic rings. The minimum atomic E-state index is -1.16. The second-order valence-corrected chi connectivity index (χ2v) is 5.76. The van der Waals surface area contributed by atoms with Gasteiger partial charge in [-0.25, -0.2) is 13.9 Å². The number of carbonyl (C=O) groups is 1. The highest BCUT2D eigenvalue weighted by Gasteiger charge is 2.51. The van der Waals surface area contributed by atoms with E-state index in [1.54, 1.807) is 16.9 Å². The molecule has 2 heterocycles. The summed E-state index contributed by atoms with van der Waals surface area (Å²) < 4.78 is 15.0. The Bertz CT molecular complexity index is 681. The number of amides is 1. The first-order chi connectivity index (χ1) is 9.98. The van der Waals surface area contributed by atoms with E-state index in [4.69, 9.17) is 5.73 Å². The molecule has 2 aromatic heterocycles. The summed E-state index contributed by atoms with van der Waals surface area (Å²) in [5.41, 5.74) is 6.68. The standard InChI is InChI=1S/C14H18FN5O/c1-14(15)4-10(14)3-13(21)17-6-9-2-12-19-11(5-16)8-20(12)18-7-9/h2,7-8,10H,3-6,16H2,1H3,(H,17,21). The third kappa shape index (κ3) is 3.02. The molecule has 2 unspecified atom stereocenters. The molecule has 3 rings (SSSR count). The number of halogens is 1. The van der Waals surface area contributed by atoms with E-state index in [0.29, 0.717) is 25.2 Å². The van der Waals surface area contributed by atoms with Gasteiger partial charge in [0.25, 0.3) is 0 Å². The third-order valence-corrected chi connectivity index (χ3v) is 3.89. The molecule has 3 N–H and O–H groups in total. The molecule has 0 radical (unpaired) electrons. The zero-order chi connectivity index (χ0) is 15.0. The minimum Gasteiger partial charge on any atom is -0.352 e. The molecule has 6 nitrogen and oxygen atoms in total. The zero-order valence-corrected chi connectivity index (χ0v) is 11.8. The molecule has 1 saturated carbocycles. The normalized spacial score (nSPS) is 24.2. The van der Waals surface area contributed by atoms with E-state index >= 15 is 0 Å². The summed E-state index contributed by atoms with van der Waals surface area (Å²) in [6.45, 7) is 2.26. The number of nitrogens with one attached hydrogen (secondary N) is 1. The first-order valence-electron chi connectivity index (χ1n) is 6.97. The molecule has 1 aliphatic carbocycles. The number of alkyl halides is 1. The third-order valence-electron chi connectivity index (χ3n) is 3.89. The summed E-state index contributed by atoms with van der Waals surface area (Å²) in [5, 5.41) is 7.00. The molecule has 2 atom stereocenters. The van der Waals surface area contributed by atoms with Gasteiger partial charge in [-0.2, -0.15) is 5.10 Å². The van der Waals surface area contributed by atoms with Crippen LogP contribution in [0.25, 0.3) is 5.65 Å². The predicted molar refractivity (Wildman–Crippen MR) is 75.0 cm³/mol. The van der Waals surface area contributed by atoms with Crippen molar-refractivity contribution in [3.8, 4) is 0 Å². The second kappa shape index (κ2) is 5.07. The maximum atomic E-state index is 13.4. The number of rotatable bonds is 5. The fraction of sp³-hybridized carbons (Fsp3) is 0.500. The zero-order valence-electron chi connectivity index (χ0n) is 11.8. The van der Waals surface area contributed by atoms with Crippen LogP contribution in [0.4, 0.5) is 4.39 Å². The Morgan fingerprint density at radius 1 is 1.67 bits per heavy atom. The van der Waals surface area contributed by atoms with Crippen molar-refractivity contribution in [3.63, 3.8) is 0 Å². The molecule has 0 spiro atoms. The SMILES string of the molecule is CC1(F)CC1CC(=O)NCc1cnn2cc(CN)nc2c1. The Morgan fingerprint density at radius 2 is 2.43 bits per heavy atom. The summed E-state index contributed by atoms with van der Waals surface area (Å²) in [6, 6.07) is 1.85. The van der Waals surface area contributed by atoms with E-state index in [9.17, 15) is 9.18 Å².